The van der Waals surface area contributed by atoms with Gasteiger partial charge in [-0.3, -0.25) is 0 Å². The van der Waals surface area contributed by atoms with E-state index in [1.807, 2.05) is 53.1 Å². The zero-order valence-electron chi connectivity index (χ0n) is 22.9. The Morgan fingerprint density at radius 1 is 1.07 bits per heavy atom. The smallest absolute Gasteiger partial charge is 0.434 e. The molecule has 0 aliphatic heterocycles. The van der Waals surface area contributed by atoms with Gasteiger partial charge in [0, 0.05) is 24.9 Å². The molecule has 0 radical (unpaired) electrons. The summed E-state index contributed by atoms with van der Waals surface area (Å²) in [6.45, 7) is 1.83. The normalized spacial score (nSPS) is 10.9. The Kier molecular flexibility index (Phi) is 10.8. The van der Waals surface area contributed by atoms with Crippen molar-refractivity contribution in [1.29, 1.82) is 0 Å². The Labute approximate surface area is 245 Å². The highest BCUT2D eigenvalue weighted by atomic mass is 35.5. The van der Waals surface area contributed by atoms with E-state index in [-0.39, 0.29) is 33.0 Å². The van der Waals surface area contributed by atoms with E-state index in [1.165, 1.54) is 0 Å². The van der Waals surface area contributed by atoms with Crippen molar-refractivity contribution in [3.05, 3.63) is 80.9 Å². The molecule has 0 bridgehead atoms. The quantitative estimate of drug-likeness (QED) is 0.0886. The van der Waals surface area contributed by atoms with Gasteiger partial charge in [-0.25, -0.2) is 9.78 Å². The third kappa shape index (κ3) is 8.01. The van der Waals surface area contributed by atoms with Gasteiger partial charge in [-0.15, -0.1) is 25.1 Å². The molecule has 42 heavy (non-hydrogen) atoms. The number of rotatable bonds is 15. The van der Waals surface area contributed by atoms with Gasteiger partial charge in [0.05, 0.1) is 25.5 Å². The molecule has 0 amide bonds. The molecule has 0 fully saturated rings. The summed E-state index contributed by atoms with van der Waals surface area (Å²) in [5.41, 5.74) is 4.17. The number of nitrogens with zero attached hydrogens (tertiary/aromatic N) is 7. The van der Waals surface area contributed by atoms with Crippen molar-refractivity contribution in [2.75, 3.05) is 13.2 Å². The average molecular weight is 600 g/mol. The van der Waals surface area contributed by atoms with E-state index < -0.39 is 11.2 Å². The zero-order valence-corrected chi connectivity index (χ0v) is 23.6. The van der Waals surface area contributed by atoms with Crippen molar-refractivity contribution in [1.82, 2.24) is 29.8 Å². The number of ether oxygens (including phenoxy) is 2. The van der Waals surface area contributed by atoms with Gasteiger partial charge in [0.15, 0.2) is 5.15 Å². The SMILES string of the molecule is CCCCc1nc(Cl)c(CO)n1Cc1ccc(-c2ccccc2-c2nnn(COC(=O)OCCCO[N+](=O)[O-])n2)cc1. The molecular weight excluding hydrogens is 570 g/mol. The minimum atomic E-state index is -0.975. The van der Waals surface area contributed by atoms with Gasteiger partial charge in [-0.2, -0.15) is 0 Å². The minimum Gasteiger partial charge on any atom is -0.434 e. The largest absolute Gasteiger partial charge is 0.510 e. The molecule has 0 saturated carbocycles. The summed E-state index contributed by atoms with van der Waals surface area (Å²) in [6.07, 6.45) is 1.95. The van der Waals surface area contributed by atoms with E-state index >= 15 is 0 Å². The van der Waals surface area contributed by atoms with E-state index in [9.17, 15) is 20.0 Å². The number of carbonyl (C=O) groups excluding carboxylic acids is 1. The number of tetrazole rings is 1. The summed E-state index contributed by atoms with van der Waals surface area (Å²) < 4.78 is 11.8. The number of aliphatic hydroxyl groups is 1. The maximum atomic E-state index is 11.7. The standard InChI is InChI=1S/C27H30ClN7O7/c1-2-3-9-24-29-25(28)23(17-36)33(24)16-19-10-12-20(13-11-19)21-7-4-5-8-22(21)26-30-32-34(31-26)18-41-27(37)40-14-6-15-42-35(38)39/h4-5,7-8,10-13,36H,2-3,6,9,14-18H2,1H3. The number of carbonyl (C=O) groups is 1. The molecule has 15 heteroatoms. The van der Waals surface area contributed by atoms with Gasteiger partial charge >= 0.3 is 6.16 Å². The lowest BCUT2D eigenvalue weighted by molar-refractivity contribution is -0.757. The molecule has 14 nitrogen and oxygen atoms in total. The molecule has 0 atom stereocenters. The second-order valence-electron chi connectivity index (χ2n) is 9.12. The van der Waals surface area contributed by atoms with Crippen LogP contribution in [-0.4, -0.2) is 59.3 Å². The molecule has 2 aromatic carbocycles. The Morgan fingerprint density at radius 2 is 1.83 bits per heavy atom. The lowest BCUT2D eigenvalue weighted by atomic mass is 9.98. The summed E-state index contributed by atoms with van der Waals surface area (Å²) in [7, 11) is 0. The van der Waals surface area contributed by atoms with Gasteiger partial charge in [0.1, 0.15) is 5.82 Å². The van der Waals surface area contributed by atoms with Gasteiger partial charge in [0.2, 0.25) is 12.6 Å². The van der Waals surface area contributed by atoms with Crippen LogP contribution in [0.3, 0.4) is 0 Å². The van der Waals surface area contributed by atoms with Crippen LogP contribution in [0.25, 0.3) is 22.5 Å². The number of halogens is 1. The fraction of sp³-hybridized carbons (Fsp3) is 0.370. The van der Waals surface area contributed by atoms with Crippen molar-refractivity contribution in [2.45, 2.75) is 52.5 Å². The maximum Gasteiger partial charge on any atom is 0.510 e. The number of aliphatic hydroxyl groups excluding tert-OH is 1. The highest BCUT2D eigenvalue weighted by Gasteiger charge is 2.16. The van der Waals surface area contributed by atoms with Crippen LogP contribution in [0.15, 0.2) is 48.5 Å². The number of unbranched alkanes of at least 4 members (excludes halogenated alkanes) is 1. The van der Waals surface area contributed by atoms with Crippen LogP contribution in [-0.2, 0) is 40.6 Å². The molecular formula is C27H30ClN7O7. The molecule has 0 aliphatic rings. The van der Waals surface area contributed by atoms with E-state index in [1.54, 1.807) is 0 Å². The zero-order chi connectivity index (χ0) is 29.9. The lowest BCUT2D eigenvalue weighted by Crippen LogP contribution is -2.14. The first-order valence-corrected chi connectivity index (χ1v) is 13.6. The van der Waals surface area contributed by atoms with E-state index in [0.29, 0.717) is 23.2 Å². The second-order valence-corrected chi connectivity index (χ2v) is 9.48. The second kappa shape index (κ2) is 14.9. The number of aryl methyl sites for hydroxylation is 1. The van der Waals surface area contributed by atoms with E-state index in [2.05, 4.69) is 32.2 Å². The molecule has 4 rings (SSSR count). The van der Waals surface area contributed by atoms with Gasteiger partial charge in [-0.1, -0.05) is 73.5 Å². The first kappa shape index (κ1) is 30.4. The maximum absolute atomic E-state index is 11.7. The molecule has 4 aromatic rings. The molecule has 2 heterocycles. The molecule has 2 aromatic heterocycles. The van der Waals surface area contributed by atoms with Crippen molar-refractivity contribution in [2.24, 2.45) is 0 Å². The van der Waals surface area contributed by atoms with Crippen LogP contribution in [0.4, 0.5) is 4.79 Å². The lowest BCUT2D eigenvalue weighted by Gasteiger charge is -2.12. The number of hydrogen-bond donors (Lipinski definition) is 1. The number of aromatic nitrogens is 6. The Bertz CT molecular complexity index is 1490. The summed E-state index contributed by atoms with van der Waals surface area (Å²) in [4.78, 5) is 31.6. The predicted octanol–water partition coefficient (Wildman–Crippen LogP) is 4.45. The van der Waals surface area contributed by atoms with Gasteiger partial charge in [0.25, 0.3) is 5.09 Å². The number of hydrogen-bond acceptors (Lipinski definition) is 11. The van der Waals surface area contributed by atoms with Gasteiger partial charge < -0.3 is 24.0 Å². The molecule has 0 unspecified atom stereocenters. The third-order valence-corrected chi connectivity index (χ3v) is 6.54. The first-order valence-electron chi connectivity index (χ1n) is 13.3. The minimum absolute atomic E-state index is 0.104. The number of imidazole rings is 1. The van der Waals surface area contributed by atoms with Crippen LogP contribution in [0.1, 0.15) is 43.3 Å². The molecule has 0 saturated heterocycles. The molecule has 0 spiro atoms. The fourth-order valence-electron chi connectivity index (χ4n) is 4.18. The molecule has 0 aliphatic carbocycles. The van der Waals surface area contributed by atoms with Crippen molar-refractivity contribution in [3.63, 3.8) is 0 Å². The molecule has 1 N–H and O–H groups in total. The van der Waals surface area contributed by atoms with Crippen molar-refractivity contribution in [3.8, 4) is 22.5 Å². The average Bonchev–Trinajstić information content (AvgIpc) is 3.58. The predicted molar refractivity (Wildman–Crippen MR) is 150 cm³/mol. The van der Waals surface area contributed by atoms with Crippen molar-refractivity contribution >= 4 is 17.8 Å². The topological polar surface area (TPSA) is 170 Å². The molecule has 222 valence electrons. The van der Waals surface area contributed by atoms with Crippen LogP contribution < -0.4 is 0 Å². The van der Waals surface area contributed by atoms with E-state index in [0.717, 1.165) is 52.1 Å². The Hall–Kier alpha value is -4.56. The van der Waals surface area contributed by atoms with Crippen LogP contribution in [0, 0.1) is 10.1 Å². The van der Waals surface area contributed by atoms with Crippen LogP contribution in [0.2, 0.25) is 5.15 Å². The van der Waals surface area contributed by atoms with Gasteiger partial charge in [-0.05, 0) is 28.3 Å². The first-order chi connectivity index (χ1) is 20.4. The Balaban J connectivity index is 1.41. The third-order valence-electron chi connectivity index (χ3n) is 6.24. The monoisotopic (exact) mass is 599 g/mol. The highest BCUT2D eigenvalue weighted by molar-refractivity contribution is 6.30. The Morgan fingerprint density at radius 3 is 2.55 bits per heavy atom. The number of benzene rings is 2. The van der Waals surface area contributed by atoms with Crippen LogP contribution >= 0.6 is 11.6 Å². The fourth-order valence-corrected chi connectivity index (χ4v) is 4.44. The highest BCUT2D eigenvalue weighted by Crippen LogP contribution is 2.30. The van der Waals surface area contributed by atoms with Crippen LogP contribution in [0.5, 0.6) is 0 Å². The van der Waals surface area contributed by atoms with E-state index in [4.69, 9.17) is 21.1 Å². The summed E-state index contributed by atoms with van der Waals surface area (Å²) in [5, 5.41) is 31.7. The summed E-state index contributed by atoms with van der Waals surface area (Å²) >= 11 is 6.29. The van der Waals surface area contributed by atoms with Crippen molar-refractivity contribution < 1.29 is 29.3 Å². The summed E-state index contributed by atoms with van der Waals surface area (Å²) in [5.74, 6) is 1.19. The summed E-state index contributed by atoms with van der Waals surface area (Å²) in [6, 6.07) is 15.6.